The molecule has 0 saturated carbocycles. The van der Waals surface area contributed by atoms with Gasteiger partial charge < -0.3 is 5.11 Å². The highest BCUT2D eigenvalue weighted by Gasteiger charge is 2.14. The number of carboxylic acids is 1. The number of benzene rings is 2. The molecule has 1 heterocycles. The van der Waals surface area contributed by atoms with E-state index in [0.29, 0.717) is 4.88 Å². The zero-order valence-electron chi connectivity index (χ0n) is 11.1. The largest absolute Gasteiger partial charge is 0.481 e. The van der Waals surface area contributed by atoms with E-state index in [1.165, 1.54) is 11.3 Å². The Kier molecular flexibility index (Phi) is 3.54. The maximum Gasteiger partial charge on any atom is 0.311 e. The normalized spacial score (nSPS) is 10.7. The summed E-state index contributed by atoms with van der Waals surface area (Å²) in [7, 11) is 0. The molecule has 0 aliphatic carbocycles. The molecule has 0 atom stereocenters. The third kappa shape index (κ3) is 2.71. The number of rotatable bonds is 4. The van der Waals surface area contributed by atoms with Crippen LogP contribution in [0.5, 0.6) is 0 Å². The molecule has 3 rings (SSSR count). The second-order valence-electron chi connectivity index (χ2n) is 4.72. The first kappa shape index (κ1) is 13.5. The summed E-state index contributed by atoms with van der Waals surface area (Å²) < 4.78 is 0. The van der Waals surface area contributed by atoms with E-state index in [1.807, 2.05) is 47.8 Å². The first-order valence-corrected chi connectivity index (χ1v) is 7.35. The van der Waals surface area contributed by atoms with Gasteiger partial charge in [-0.3, -0.25) is 9.59 Å². The standard InChI is InChI=1S/C17H12O3S/c18-15(9-17(19)20)16-8-12(10-21-16)14-7-3-5-11-4-1-2-6-13(11)14/h1-8,10H,9H2,(H,19,20). The predicted molar refractivity (Wildman–Crippen MR) is 83.8 cm³/mol. The minimum Gasteiger partial charge on any atom is -0.481 e. The summed E-state index contributed by atoms with van der Waals surface area (Å²) in [6.07, 6.45) is -0.463. The Bertz CT molecular complexity index is 827. The second-order valence-corrected chi connectivity index (χ2v) is 5.63. The topological polar surface area (TPSA) is 54.4 Å². The predicted octanol–water partition coefficient (Wildman–Crippen LogP) is 4.23. The summed E-state index contributed by atoms with van der Waals surface area (Å²) in [5.41, 5.74) is 2.00. The Morgan fingerprint density at radius 1 is 1.05 bits per heavy atom. The van der Waals surface area contributed by atoms with Crippen LogP contribution in [-0.4, -0.2) is 16.9 Å². The van der Waals surface area contributed by atoms with E-state index in [4.69, 9.17) is 5.11 Å². The Balaban J connectivity index is 2.02. The van der Waals surface area contributed by atoms with Crippen LogP contribution in [0.4, 0.5) is 0 Å². The zero-order chi connectivity index (χ0) is 14.8. The first-order valence-electron chi connectivity index (χ1n) is 6.47. The number of carbonyl (C=O) groups excluding carboxylic acids is 1. The molecule has 104 valence electrons. The fourth-order valence-electron chi connectivity index (χ4n) is 2.33. The molecule has 0 aliphatic rings. The summed E-state index contributed by atoms with van der Waals surface area (Å²) in [4.78, 5) is 22.9. The van der Waals surface area contributed by atoms with Gasteiger partial charge in [0.25, 0.3) is 0 Å². The summed E-state index contributed by atoms with van der Waals surface area (Å²) in [5.74, 6) is -1.45. The summed E-state index contributed by atoms with van der Waals surface area (Å²) in [6.45, 7) is 0. The van der Waals surface area contributed by atoms with Crippen molar-refractivity contribution in [3.05, 3.63) is 58.8 Å². The lowest BCUT2D eigenvalue weighted by molar-refractivity contribution is -0.135. The molecule has 0 aliphatic heterocycles. The minimum atomic E-state index is -1.10. The van der Waals surface area contributed by atoms with Gasteiger partial charge in [-0.2, -0.15) is 0 Å². The number of thiophene rings is 1. The number of aliphatic carboxylic acids is 1. The van der Waals surface area contributed by atoms with E-state index in [1.54, 1.807) is 6.07 Å². The molecule has 0 bridgehead atoms. The molecule has 21 heavy (non-hydrogen) atoms. The molecule has 3 aromatic rings. The van der Waals surface area contributed by atoms with Crippen molar-refractivity contribution in [1.82, 2.24) is 0 Å². The summed E-state index contributed by atoms with van der Waals surface area (Å²) in [6, 6.07) is 15.9. The highest BCUT2D eigenvalue weighted by atomic mass is 32.1. The minimum absolute atomic E-state index is 0.348. The third-order valence-electron chi connectivity index (χ3n) is 3.29. The molecular formula is C17H12O3S. The fourth-order valence-corrected chi connectivity index (χ4v) is 3.17. The van der Waals surface area contributed by atoms with Crippen LogP contribution in [-0.2, 0) is 4.79 Å². The van der Waals surface area contributed by atoms with E-state index in [9.17, 15) is 9.59 Å². The maximum atomic E-state index is 11.8. The van der Waals surface area contributed by atoms with E-state index in [0.717, 1.165) is 21.9 Å². The highest BCUT2D eigenvalue weighted by Crippen LogP contribution is 2.32. The van der Waals surface area contributed by atoms with Gasteiger partial charge in [-0.05, 0) is 33.3 Å². The Morgan fingerprint density at radius 2 is 1.81 bits per heavy atom. The van der Waals surface area contributed by atoms with Gasteiger partial charge in [0.05, 0.1) is 4.88 Å². The molecule has 0 fully saturated rings. The van der Waals surface area contributed by atoms with Crippen molar-refractivity contribution in [3.8, 4) is 11.1 Å². The Morgan fingerprint density at radius 3 is 2.62 bits per heavy atom. The molecule has 0 amide bonds. The lowest BCUT2D eigenvalue weighted by atomic mass is 10.00. The van der Waals surface area contributed by atoms with Crippen molar-refractivity contribution in [3.63, 3.8) is 0 Å². The second kappa shape index (κ2) is 5.50. The van der Waals surface area contributed by atoms with Gasteiger partial charge in [0.2, 0.25) is 0 Å². The zero-order valence-corrected chi connectivity index (χ0v) is 11.9. The molecule has 2 aromatic carbocycles. The van der Waals surface area contributed by atoms with Crippen LogP contribution in [0.1, 0.15) is 16.1 Å². The van der Waals surface area contributed by atoms with Crippen LogP contribution in [0, 0.1) is 0 Å². The van der Waals surface area contributed by atoms with Crippen molar-refractivity contribution < 1.29 is 14.7 Å². The van der Waals surface area contributed by atoms with Crippen LogP contribution in [0.15, 0.2) is 53.9 Å². The smallest absolute Gasteiger partial charge is 0.311 e. The van der Waals surface area contributed by atoms with Gasteiger partial charge in [-0.15, -0.1) is 11.3 Å². The quantitative estimate of drug-likeness (QED) is 0.579. The van der Waals surface area contributed by atoms with E-state index >= 15 is 0 Å². The van der Waals surface area contributed by atoms with E-state index in [2.05, 4.69) is 0 Å². The third-order valence-corrected chi connectivity index (χ3v) is 4.26. The van der Waals surface area contributed by atoms with Crippen LogP contribution >= 0.6 is 11.3 Å². The van der Waals surface area contributed by atoms with E-state index in [-0.39, 0.29) is 5.78 Å². The number of hydrogen-bond donors (Lipinski definition) is 1. The molecule has 3 nitrogen and oxygen atoms in total. The van der Waals surface area contributed by atoms with Gasteiger partial charge in [-0.1, -0.05) is 42.5 Å². The van der Waals surface area contributed by atoms with Crippen LogP contribution in [0.2, 0.25) is 0 Å². The molecule has 0 radical (unpaired) electrons. The highest BCUT2D eigenvalue weighted by molar-refractivity contribution is 7.12. The number of Topliss-reactive ketones (excluding diaryl/α,β-unsaturated/α-hetero) is 1. The first-order chi connectivity index (χ1) is 10.1. The van der Waals surface area contributed by atoms with Crippen LogP contribution < -0.4 is 0 Å². The maximum absolute atomic E-state index is 11.8. The fraction of sp³-hybridized carbons (Fsp3) is 0.0588. The SMILES string of the molecule is O=C(O)CC(=O)c1cc(-c2cccc3ccccc23)cs1. The van der Waals surface area contributed by atoms with Crippen molar-refractivity contribution in [2.75, 3.05) is 0 Å². The van der Waals surface area contributed by atoms with Crippen LogP contribution in [0.3, 0.4) is 0 Å². The van der Waals surface area contributed by atoms with Crippen molar-refractivity contribution in [1.29, 1.82) is 0 Å². The average molecular weight is 296 g/mol. The monoisotopic (exact) mass is 296 g/mol. The summed E-state index contributed by atoms with van der Waals surface area (Å²) >= 11 is 1.29. The lowest BCUT2D eigenvalue weighted by Gasteiger charge is -2.04. The van der Waals surface area contributed by atoms with Crippen molar-refractivity contribution in [2.45, 2.75) is 6.42 Å². The van der Waals surface area contributed by atoms with Gasteiger partial charge in [0.1, 0.15) is 6.42 Å². The number of ketones is 1. The van der Waals surface area contributed by atoms with Crippen molar-refractivity contribution in [2.24, 2.45) is 0 Å². The molecule has 4 heteroatoms. The Hall–Kier alpha value is -2.46. The molecule has 0 unspecified atom stereocenters. The lowest BCUT2D eigenvalue weighted by Crippen LogP contribution is -2.04. The molecule has 0 spiro atoms. The van der Waals surface area contributed by atoms with Gasteiger partial charge in [0, 0.05) is 0 Å². The van der Waals surface area contributed by atoms with Gasteiger partial charge in [-0.25, -0.2) is 0 Å². The Labute approximate surface area is 125 Å². The van der Waals surface area contributed by atoms with Crippen LogP contribution in [0.25, 0.3) is 21.9 Å². The summed E-state index contributed by atoms with van der Waals surface area (Å²) in [5, 5.41) is 12.9. The molecule has 0 saturated heterocycles. The van der Waals surface area contributed by atoms with Gasteiger partial charge >= 0.3 is 5.97 Å². The number of hydrogen-bond acceptors (Lipinski definition) is 3. The molecule has 1 N–H and O–H groups in total. The number of carbonyl (C=O) groups is 2. The molecular weight excluding hydrogens is 284 g/mol. The number of fused-ring (bicyclic) bond motifs is 1. The average Bonchev–Trinajstić information content (AvgIpc) is 2.95. The van der Waals surface area contributed by atoms with Gasteiger partial charge in [0.15, 0.2) is 5.78 Å². The number of carboxylic acid groups (broad SMARTS) is 1. The van der Waals surface area contributed by atoms with Crippen molar-refractivity contribution >= 4 is 33.9 Å². The molecule has 1 aromatic heterocycles. The van der Waals surface area contributed by atoms with E-state index < -0.39 is 12.4 Å².